The van der Waals surface area contributed by atoms with Crippen molar-refractivity contribution in [1.82, 2.24) is 0 Å². The van der Waals surface area contributed by atoms with E-state index in [0.717, 1.165) is 11.5 Å². The van der Waals surface area contributed by atoms with Gasteiger partial charge in [0.15, 0.2) is 0 Å². The SMILES string of the molecule is CC1SCC(C(O)Cc2ccco2)SC1C. The van der Waals surface area contributed by atoms with E-state index in [0.29, 0.717) is 22.2 Å². The Bertz CT molecular complexity index is 313. The van der Waals surface area contributed by atoms with Gasteiger partial charge < -0.3 is 9.52 Å². The highest BCUT2D eigenvalue weighted by Gasteiger charge is 2.30. The van der Waals surface area contributed by atoms with Gasteiger partial charge in [0.05, 0.1) is 12.4 Å². The van der Waals surface area contributed by atoms with E-state index in [1.54, 1.807) is 6.26 Å². The van der Waals surface area contributed by atoms with Crippen LogP contribution in [0, 0.1) is 0 Å². The van der Waals surface area contributed by atoms with Gasteiger partial charge in [-0.25, -0.2) is 0 Å². The van der Waals surface area contributed by atoms with Gasteiger partial charge in [-0.15, -0.1) is 0 Å². The summed E-state index contributed by atoms with van der Waals surface area (Å²) in [7, 11) is 0. The molecule has 1 aromatic rings. The zero-order chi connectivity index (χ0) is 11.5. The zero-order valence-corrected chi connectivity index (χ0v) is 11.3. The Morgan fingerprint density at radius 3 is 2.94 bits per heavy atom. The molecule has 4 unspecified atom stereocenters. The normalized spacial score (nSPS) is 32.6. The highest BCUT2D eigenvalue weighted by molar-refractivity contribution is 8.07. The van der Waals surface area contributed by atoms with E-state index in [4.69, 9.17) is 4.42 Å². The molecule has 1 N–H and O–H groups in total. The first-order valence-corrected chi connectivity index (χ1v) is 7.63. The average Bonchev–Trinajstić information content (AvgIpc) is 2.74. The molecule has 0 spiro atoms. The van der Waals surface area contributed by atoms with Gasteiger partial charge in [-0.05, 0) is 12.1 Å². The molecule has 0 saturated carbocycles. The maximum absolute atomic E-state index is 10.2. The predicted molar refractivity (Wildman–Crippen MR) is 71.2 cm³/mol. The van der Waals surface area contributed by atoms with E-state index < -0.39 is 0 Å². The van der Waals surface area contributed by atoms with Crippen molar-refractivity contribution in [3.63, 3.8) is 0 Å². The van der Waals surface area contributed by atoms with Crippen LogP contribution in [0.25, 0.3) is 0 Å². The molecule has 1 aromatic heterocycles. The number of rotatable bonds is 3. The summed E-state index contributed by atoms with van der Waals surface area (Å²) in [6.45, 7) is 4.51. The number of hydrogen-bond acceptors (Lipinski definition) is 4. The van der Waals surface area contributed by atoms with Crippen molar-refractivity contribution in [2.75, 3.05) is 5.75 Å². The second-order valence-corrected chi connectivity index (χ2v) is 7.30. The number of aliphatic hydroxyl groups is 1. The van der Waals surface area contributed by atoms with Crippen LogP contribution in [0.1, 0.15) is 19.6 Å². The van der Waals surface area contributed by atoms with Crippen LogP contribution in [0.4, 0.5) is 0 Å². The third-order valence-electron chi connectivity index (χ3n) is 2.99. The van der Waals surface area contributed by atoms with E-state index in [2.05, 4.69) is 13.8 Å². The van der Waals surface area contributed by atoms with E-state index >= 15 is 0 Å². The zero-order valence-electron chi connectivity index (χ0n) is 9.63. The van der Waals surface area contributed by atoms with Gasteiger partial charge in [-0.3, -0.25) is 0 Å². The van der Waals surface area contributed by atoms with Crippen molar-refractivity contribution in [1.29, 1.82) is 0 Å². The lowest BCUT2D eigenvalue weighted by atomic mass is 10.1. The van der Waals surface area contributed by atoms with Crippen molar-refractivity contribution in [3.05, 3.63) is 24.2 Å². The molecule has 16 heavy (non-hydrogen) atoms. The van der Waals surface area contributed by atoms with Crippen LogP contribution in [-0.2, 0) is 6.42 Å². The van der Waals surface area contributed by atoms with E-state index in [1.165, 1.54) is 0 Å². The topological polar surface area (TPSA) is 33.4 Å². The van der Waals surface area contributed by atoms with Crippen LogP contribution >= 0.6 is 23.5 Å². The monoisotopic (exact) mass is 258 g/mol. The van der Waals surface area contributed by atoms with Crippen LogP contribution in [-0.4, -0.2) is 32.7 Å². The molecule has 0 aromatic carbocycles. The summed E-state index contributed by atoms with van der Waals surface area (Å²) in [5, 5.41) is 11.8. The summed E-state index contributed by atoms with van der Waals surface area (Å²) in [4.78, 5) is 0. The summed E-state index contributed by atoms with van der Waals surface area (Å²) < 4.78 is 5.27. The molecule has 1 saturated heterocycles. The number of hydrogen-bond donors (Lipinski definition) is 1. The fourth-order valence-corrected chi connectivity index (χ4v) is 4.79. The predicted octanol–water partition coefficient (Wildman–Crippen LogP) is 2.81. The highest BCUT2D eigenvalue weighted by atomic mass is 32.2. The van der Waals surface area contributed by atoms with Gasteiger partial charge >= 0.3 is 0 Å². The average molecular weight is 258 g/mol. The Balaban J connectivity index is 1.88. The quantitative estimate of drug-likeness (QED) is 0.904. The van der Waals surface area contributed by atoms with Crippen molar-refractivity contribution < 1.29 is 9.52 Å². The smallest absolute Gasteiger partial charge is 0.106 e. The second-order valence-electron chi connectivity index (χ2n) is 4.27. The van der Waals surface area contributed by atoms with Gasteiger partial charge in [0.1, 0.15) is 5.76 Å². The standard InChI is InChI=1S/C12H18O2S2/c1-8-9(2)16-12(7-15-8)11(13)6-10-4-3-5-14-10/h3-5,8-9,11-13H,6-7H2,1-2H3. The third-order valence-corrected chi connectivity index (χ3v) is 6.53. The molecule has 1 aliphatic heterocycles. The van der Waals surface area contributed by atoms with Gasteiger partial charge in [0.25, 0.3) is 0 Å². The fraction of sp³-hybridized carbons (Fsp3) is 0.667. The molecule has 2 heterocycles. The van der Waals surface area contributed by atoms with E-state index in [-0.39, 0.29) is 6.10 Å². The Morgan fingerprint density at radius 2 is 2.31 bits per heavy atom. The molecule has 1 fully saturated rings. The molecule has 4 atom stereocenters. The van der Waals surface area contributed by atoms with E-state index in [9.17, 15) is 5.11 Å². The Kier molecular flexibility index (Phi) is 4.27. The fourth-order valence-electron chi connectivity index (χ4n) is 1.78. The maximum atomic E-state index is 10.2. The highest BCUT2D eigenvalue weighted by Crippen LogP contribution is 2.37. The first-order valence-electron chi connectivity index (χ1n) is 5.64. The van der Waals surface area contributed by atoms with Gasteiger partial charge in [-0.1, -0.05) is 13.8 Å². The molecule has 0 aliphatic carbocycles. The number of aliphatic hydroxyl groups excluding tert-OH is 1. The molecule has 1 aliphatic rings. The molecular weight excluding hydrogens is 240 g/mol. The molecule has 0 amide bonds. The largest absolute Gasteiger partial charge is 0.469 e. The first kappa shape index (κ1) is 12.4. The summed E-state index contributed by atoms with van der Waals surface area (Å²) >= 11 is 3.88. The Morgan fingerprint density at radius 1 is 1.50 bits per heavy atom. The lowest BCUT2D eigenvalue weighted by Crippen LogP contribution is -2.35. The molecule has 0 bridgehead atoms. The van der Waals surface area contributed by atoms with E-state index in [1.807, 2.05) is 35.7 Å². The van der Waals surface area contributed by atoms with Crippen molar-refractivity contribution >= 4 is 23.5 Å². The van der Waals surface area contributed by atoms with Gasteiger partial charge in [0.2, 0.25) is 0 Å². The molecular formula is C12H18O2S2. The van der Waals surface area contributed by atoms with Crippen LogP contribution in [0.5, 0.6) is 0 Å². The Hall–Kier alpha value is -0.0600. The van der Waals surface area contributed by atoms with Crippen molar-refractivity contribution in [2.24, 2.45) is 0 Å². The minimum Gasteiger partial charge on any atom is -0.469 e. The van der Waals surface area contributed by atoms with Crippen LogP contribution < -0.4 is 0 Å². The van der Waals surface area contributed by atoms with Crippen LogP contribution in [0.3, 0.4) is 0 Å². The minimum absolute atomic E-state index is 0.293. The molecule has 90 valence electrons. The van der Waals surface area contributed by atoms with Crippen molar-refractivity contribution in [2.45, 2.75) is 42.1 Å². The minimum atomic E-state index is -0.293. The molecule has 2 nitrogen and oxygen atoms in total. The maximum Gasteiger partial charge on any atom is 0.106 e. The van der Waals surface area contributed by atoms with Gasteiger partial charge in [-0.2, -0.15) is 23.5 Å². The number of thioether (sulfide) groups is 2. The lowest BCUT2D eigenvalue weighted by Gasteiger charge is -2.33. The second kappa shape index (κ2) is 5.52. The summed E-state index contributed by atoms with van der Waals surface area (Å²) in [5.41, 5.74) is 0. The Labute approximate surface area is 105 Å². The van der Waals surface area contributed by atoms with Crippen LogP contribution in [0.2, 0.25) is 0 Å². The van der Waals surface area contributed by atoms with Crippen molar-refractivity contribution in [3.8, 4) is 0 Å². The van der Waals surface area contributed by atoms with Gasteiger partial charge in [0, 0.05) is 27.9 Å². The molecule has 0 radical (unpaired) electrons. The summed E-state index contributed by atoms with van der Waals surface area (Å²) in [6, 6.07) is 3.80. The molecule has 2 rings (SSSR count). The molecule has 4 heteroatoms. The third kappa shape index (κ3) is 2.99. The first-order chi connectivity index (χ1) is 7.66. The summed E-state index contributed by atoms with van der Waals surface area (Å²) in [5.74, 6) is 1.92. The van der Waals surface area contributed by atoms with Crippen LogP contribution in [0.15, 0.2) is 22.8 Å². The lowest BCUT2D eigenvalue weighted by molar-refractivity contribution is 0.169. The number of furan rings is 1. The summed E-state index contributed by atoms with van der Waals surface area (Å²) in [6.07, 6.45) is 2.00.